The van der Waals surface area contributed by atoms with E-state index in [0.29, 0.717) is 0 Å². The minimum Gasteiger partial charge on any atom is -0.404 e. The summed E-state index contributed by atoms with van der Waals surface area (Å²) < 4.78 is 66.3. The van der Waals surface area contributed by atoms with Crippen molar-refractivity contribution in [3.63, 3.8) is 0 Å². The van der Waals surface area contributed by atoms with Crippen LogP contribution in [0.4, 0.5) is 18.9 Å². The van der Waals surface area contributed by atoms with Crippen molar-refractivity contribution in [1.82, 2.24) is 0 Å². The van der Waals surface area contributed by atoms with Gasteiger partial charge in [0, 0.05) is 0 Å². The third-order valence-electron chi connectivity index (χ3n) is 1.92. The van der Waals surface area contributed by atoms with E-state index in [1.54, 1.807) is 0 Å². The van der Waals surface area contributed by atoms with Crippen LogP contribution in [0, 0.1) is 0 Å². The molecule has 0 radical (unpaired) electrons. The van der Waals surface area contributed by atoms with Gasteiger partial charge in [0.05, 0.1) is 0 Å². The summed E-state index contributed by atoms with van der Waals surface area (Å²) in [4.78, 5) is -0.436. The van der Waals surface area contributed by atoms with Gasteiger partial charge in [-0.1, -0.05) is 6.07 Å². The fraction of sp³-hybridized carbons (Fsp3) is 0.125. The molecule has 0 fully saturated rings. The normalized spacial score (nSPS) is 17.4. The zero-order chi connectivity index (χ0) is 13.6. The average Bonchev–Trinajstić information content (AvgIpc) is 2.15. The van der Waals surface area contributed by atoms with Gasteiger partial charge in [-0.3, -0.25) is 0 Å². The number of amidine groups is 1. The molecule has 0 amide bonds. The highest BCUT2D eigenvalue weighted by molar-refractivity contribution is 7.90. The third kappa shape index (κ3) is 2.51. The molecule has 1 aromatic carbocycles. The molecule has 1 aromatic rings. The number of halogens is 4. The molecule has 0 aliphatic carbocycles. The molecule has 1 aliphatic heterocycles. The van der Waals surface area contributed by atoms with Crippen molar-refractivity contribution in [2.24, 2.45) is 4.40 Å². The predicted molar refractivity (Wildman–Crippen MR) is 57.2 cm³/mol. The van der Waals surface area contributed by atoms with Gasteiger partial charge in [0.15, 0.2) is 5.75 Å². The van der Waals surface area contributed by atoms with Crippen molar-refractivity contribution in [3.8, 4) is 5.75 Å². The minimum atomic E-state index is -4.94. The molecule has 0 saturated carbocycles. The van der Waals surface area contributed by atoms with Crippen LogP contribution in [0.15, 0.2) is 27.5 Å². The lowest BCUT2D eigenvalue weighted by Crippen LogP contribution is -2.22. The van der Waals surface area contributed by atoms with Crippen LogP contribution in [0.1, 0.15) is 0 Å². The van der Waals surface area contributed by atoms with Crippen LogP contribution >= 0.6 is 11.6 Å². The maximum Gasteiger partial charge on any atom is 0.573 e. The summed E-state index contributed by atoms with van der Waals surface area (Å²) in [5.41, 5.74) is -0.394. The van der Waals surface area contributed by atoms with Crippen molar-refractivity contribution >= 4 is 32.6 Å². The van der Waals surface area contributed by atoms with Gasteiger partial charge in [-0.15, -0.1) is 17.6 Å². The van der Waals surface area contributed by atoms with Crippen LogP contribution in [0.2, 0.25) is 0 Å². The van der Waals surface area contributed by atoms with Gasteiger partial charge >= 0.3 is 6.36 Å². The van der Waals surface area contributed by atoms with Gasteiger partial charge in [0.2, 0.25) is 5.29 Å². The molecule has 2 rings (SSSR count). The molecule has 1 heterocycles. The van der Waals surface area contributed by atoms with Crippen LogP contribution in [0.5, 0.6) is 5.75 Å². The maximum absolute atomic E-state index is 12.1. The Morgan fingerprint density at radius 3 is 2.61 bits per heavy atom. The lowest BCUT2D eigenvalue weighted by Gasteiger charge is -2.19. The van der Waals surface area contributed by atoms with Crippen LogP contribution < -0.4 is 10.1 Å². The number of nitrogens with one attached hydrogen (secondary N) is 1. The number of alkyl halides is 3. The Labute approximate surface area is 104 Å². The Bertz CT molecular complexity index is 627. The largest absolute Gasteiger partial charge is 0.573 e. The molecule has 0 aromatic heterocycles. The van der Waals surface area contributed by atoms with Gasteiger partial charge in [0.1, 0.15) is 10.6 Å². The van der Waals surface area contributed by atoms with Crippen molar-refractivity contribution in [3.05, 3.63) is 18.2 Å². The number of sulfonamides is 1. The first-order valence-electron chi connectivity index (χ1n) is 4.35. The van der Waals surface area contributed by atoms with Crippen LogP contribution in [0.3, 0.4) is 0 Å². The summed E-state index contributed by atoms with van der Waals surface area (Å²) in [7, 11) is -4.12. The second-order valence-electron chi connectivity index (χ2n) is 3.16. The molecular formula is C8H4ClF3N2O3S. The zero-order valence-electron chi connectivity index (χ0n) is 8.32. The number of nitrogens with zero attached hydrogens (tertiary/aromatic N) is 1. The number of rotatable bonds is 1. The molecular weight excluding hydrogens is 297 g/mol. The molecule has 0 spiro atoms. The zero-order valence-corrected chi connectivity index (χ0v) is 9.90. The van der Waals surface area contributed by atoms with E-state index >= 15 is 0 Å². The summed E-state index contributed by atoms with van der Waals surface area (Å²) in [6.45, 7) is 0. The molecule has 18 heavy (non-hydrogen) atoms. The highest BCUT2D eigenvalue weighted by atomic mass is 35.5. The summed E-state index contributed by atoms with van der Waals surface area (Å²) >= 11 is 5.40. The first-order valence-corrected chi connectivity index (χ1v) is 6.17. The number of fused-ring (bicyclic) bond motifs is 1. The Morgan fingerprint density at radius 2 is 2.00 bits per heavy atom. The Hall–Kier alpha value is -1.48. The first kappa shape index (κ1) is 13.0. The Morgan fingerprint density at radius 1 is 1.33 bits per heavy atom. The average molecular weight is 301 g/mol. The molecule has 0 atom stereocenters. The Kier molecular flexibility index (Phi) is 2.90. The van der Waals surface area contributed by atoms with Gasteiger partial charge in [-0.05, 0) is 23.7 Å². The number of benzene rings is 1. The predicted octanol–water partition coefficient (Wildman–Crippen LogP) is 2.29. The van der Waals surface area contributed by atoms with Crippen LogP contribution in [-0.2, 0) is 10.0 Å². The van der Waals surface area contributed by atoms with E-state index in [4.69, 9.17) is 11.6 Å². The van der Waals surface area contributed by atoms with Gasteiger partial charge < -0.3 is 10.1 Å². The van der Waals surface area contributed by atoms with Crippen molar-refractivity contribution in [1.29, 1.82) is 0 Å². The summed E-state index contributed by atoms with van der Waals surface area (Å²) in [5.74, 6) is -0.698. The summed E-state index contributed by atoms with van der Waals surface area (Å²) in [6.07, 6.45) is -4.94. The molecule has 1 aliphatic rings. The van der Waals surface area contributed by atoms with Crippen LogP contribution in [0.25, 0.3) is 0 Å². The van der Waals surface area contributed by atoms with Crippen molar-refractivity contribution < 1.29 is 26.3 Å². The number of ether oxygens (including phenoxy) is 1. The van der Waals surface area contributed by atoms with Crippen molar-refractivity contribution in [2.75, 3.05) is 5.32 Å². The molecule has 5 nitrogen and oxygen atoms in total. The number of hydrogen-bond donors (Lipinski definition) is 1. The fourth-order valence-electron chi connectivity index (χ4n) is 1.34. The van der Waals surface area contributed by atoms with E-state index in [-0.39, 0.29) is 0 Å². The summed E-state index contributed by atoms with van der Waals surface area (Å²) in [5, 5.41) is 1.66. The molecule has 0 bridgehead atoms. The lowest BCUT2D eigenvalue weighted by molar-refractivity contribution is -0.274. The Balaban J connectivity index is 2.57. The smallest absolute Gasteiger partial charge is 0.404 e. The first-order chi connectivity index (χ1) is 8.19. The molecule has 0 unspecified atom stereocenters. The molecule has 0 saturated heterocycles. The molecule has 10 heteroatoms. The number of anilines is 1. The van der Waals surface area contributed by atoms with Gasteiger partial charge in [0.25, 0.3) is 10.0 Å². The minimum absolute atomic E-state index is 0.394. The fourth-order valence-corrected chi connectivity index (χ4v) is 2.72. The second-order valence-corrected chi connectivity index (χ2v) is 5.09. The van der Waals surface area contributed by atoms with E-state index in [1.165, 1.54) is 0 Å². The van der Waals surface area contributed by atoms with E-state index in [9.17, 15) is 21.6 Å². The molecule has 98 valence electrons. The lowest BCUT2D eigenvalue weighted by atomic mass is 10.3. The van der Waals surface area contributed by atoms with E-state index in [2.05, 4.69) is 14.5 Å². The molecule has 1 N–H and O–H groups in total. The quantitative estimate of drug-likeness (QED) is 0.808. The topological polar surface area (TPSA) is 67.8 Å². The highest BCUT2D eigenvalue weighted by Gasteiger charge is 2.35. The van der Waals surface area contributed by atoms with Gasteiger partial charge in [-0.2, -0.15) is 8.42 Å². The van der Waals surface area contributed by atoms with E-state index in [0.717, 1.165) is 18.2 Å². The maximum atomic E-state index is 12.1. The summed E-state index contributed by atoms with van der Waals surface area (Å²) in [6, 6.07) is 3.16. The highest BCUT2D eigenvalue weighted by Crippen LogP contribution is 2.38. The van der Waals surface area contributed by atoms with Gasteiger partial charge in [-0.25, -0.2) is 0 Å². The van der Waals surface area contributed by atoms with Crippen LogP contribution in [-0.4, -0.2) is 20.1 Å². The van der Waals surface area contributed by atoms with E-state index in [1.807, 2.05) is 0 Å². The third-order valence-corrected chi connectivity index (χ3v) is 3.52. The number of hydrogen-bond acceptors (Lipinski definition) is 4. The second kappa shape index (κ2) is 4.02. The van der Waals surface area contributed by atoms with E-state index < -0.39 is 38.0 Å². The monoisotopic (exact) mass is 300 g/mol. The van der Waals surface area contributed by atoms with Crippen molar-refractivity contribution in [2.45, 2.75) is 11.3 Å². The number of para-hydroxylation sites is 1. The standard InChI is InChI=1S/C8H4ClF3N2O3S/c9-7-13-6-4(17-8(10,11)12)2-1-3-5(6)18(15,16)14-7/h1-3H,(H,13,14). The SMILES string of the molecule is O=S1(=O)N=C(Cl)Nc2c(OC(F)(F)F)cccc21.